The lowest BCUT2D eigenvalue weighted by molar-refractivity contribution is -0.149. The number of phenols is 1. The molecule has 3 fully saturated rings. The van der Waals surface area contributed by atoms with Crippen LogP contribution in [0.4, 0.5) is 0 Å². The van der Waals surface area contributed by atoms with Gasteiger partial charge < -0.3 is 115 Å². The number of nitrogens with zero attached hydrogens (tertiary/aromatic N) is 6. The van der Waals surface area contributed by atoms with Gasteiger partial charge in [-0.2, -0.15) is 0 Å². The number of carbonyl (C=O) groups excluding carboxylic acids is 17. The Bertz CT molecular complexity index is 5290. The molecular weight excluding hydrogens is 1780 g/mol. The number of aromatic hydroxyl groups is 1. The van der Waals surface area contributed by atoms with Gasteiger partial charge in [-0.25, -0.2) is 4.98 Å². The second kappa shape index (κ2) is 50.4. The van der Waals surface area contributed by atoms with Crippen molar-refractivity contribution in [3.8, 4) is 18.1 Å². The van der Waals surface area contributed by atoms with Crippen LogP contribution in [0.1, 0.15) is 147 Å². The highest BCUT2D eigenvalue weighted by atomic mass is 32.2. The Kier molecular flexibility index (Phi) is 39.2. The summed E-state index contributed by atoms with van der Waals surface area (Å²) in [6.45, 7) is 7.87. The van der Waals surface area contributed by atoms with Crippen molar-refractivity contribution in [1.29, 1.82) is 5.41 Å². The number of fused-ring (bicyclic) bond motifs is 4. The lowest BCUT2D eigenvalue weighted by Gasteiger charge is -2.36. The van der Waals surface area contributed by atoms with Crippen LogP contribution in [0, 0.1) is 23.7 Å². The molecule has 17 amide bonds. The lowest BCUT2D eigenvalue weighted by Crippen LogP contribution is -2.61. The topological polar surface area (TPSA) is 605 Å². The number of nitrogens with one attached hydrogen (secondary N) is 14. The number of guanidine groups is 1. The molecule has 21 N–H and O–H groups in total. The van der Waals surface area contributed by atoms with Crippen LogP contribution < -0.4 is 75.7 Å². The zero-order chi connectivity index (χ0) is 98.4. The van der Waals surface area contributed by atoms with Crippen molar-refractivity contribution in [3.05, 3.63) is 119 Å². The zero-order valence-electron chi connectivity index (χ0n) is 77.1. The largest absolute Gasteiger partial charge is 0.508 e. The third-order valence-corrected chi connectivity index (χ3v) is 26.0. The monoisotopic (exact) mass is 1900 g/mol. The molecule has 0 spiro atoms. The number of carbonyl (C=O) groups is 17. The van der Waals surface area contributed by atoms with Crippen LogP contribution >= 0.6 is 23.1 Å². The molecule has 6 heterocycles. The van der Waals surface area contributed by atoms with E-state index in [4.69, 9.17) is 29.0 Å². The molecule has 41 nitrogen and oxygen atoms in total. The molecule has 3 aromatic carbocycles. The van der Waals surface area contributed by atoms with Crippen molar-refractivity contribution < 1.29 is 86.6 Å². The SMILES string of the molecule is C#C[C@H]1C(=O)N[C@@H](CC(N)=O)C(=O)N2CCCC2C(=O)N[C@@H](Cc2cnc[nH]2)C(=O)N[C@@H](CC(C)C)C(=O)N2CCC[C@@H]2C(=O)N[C@@H](Cc2c[nH]c3ccccc23)C(=O)N[C@@H](C)C(=O)N[C@@H](Cc2csc3ccccc23)C(=O)N(C)[C@@H](CCCC)C(=O)N(C)[C@@H](CCCC)C(=O)N[C@@H](CCCNC(=N)N)C(=O)NC(C(=O)NCC(N)=O)CSCC(=O)N[C@@H](Cc2ccc(O)cc2)C(=O)N1C. The Morgan fingerprint density at radius 2 is 1.13 bits per heavy atom. The van der Waals surface area contributed by atoms with Crippen molar-refractivity contribution in [2.75, 3.05) is 58.8 Å². The number of amides is 17. The number of primary amides is 2. The van der Waals surface area contributed by atoms with Crippen LogP contribution in [0.3, 0.4) is 0 Å². The molecule has 9 rings (SSSR count). The first kappa shape index (κ1) is 105. The number of rotatable bonds is 25. The molecule has 3 aliphatic heterocycles. The van der Waals surface area contributed by atoms with Crippen LogP contribution in [0.25, 0.3) is 21.0 Å². The van der Waals surface area contributed by atoms with E-state index >= 15 is 38.4 Å². The van der Waals surface area contributed by atoms with E-state index < -0.39 is 215 Å². The van der Waals surface area contributed by atoms with E-state index in [0.717, 1.165) is 38.7 Å². The molecule has 135 heavy (non-hydrogen) atoms. The summed E-state index contributed by atoms with van der Waals surface area (Å²) in [5, 5.41) is 51.0. The Labute approximate surface area is 790 Å². The van der Waals surface area contributed by atoms with Gasteiger partial charge in [0.25, 0.3) is 5.91 Å². The van der Waals surface area contributed by atoms with Gasteiger partial charge >= 0.3 is 0 Å². The number of thiophene rings is 1. The number of H-pyrrole nitrogens is 2. The van der Waals surface area contributed by atoms with Gasteiger partial charge in [0.15, 0.2) is 12.0 Å². The molecule has 43 heteroatoms. The fourth-order valence-electron chi connectivity index (χ4n) is 16.7. The van der Waals surface area contributed by atoms with Gasteiger partial charge in [-0.05, 0) is 122 Å². The number of aromatic amines is 2. The van der Waals surface area contributed by atoms with Crippen molar-refractivity contribution >= 4 is 150 Å². The van der Waals surface area contributed by atoms with E-state index in [2.05, 4.69) is 79.4 Å². The minimum Gasteiger partial charge on any atom is -0.508 e. The van der Waals surface area contributed by atoms with Gasteiger partial charge in [-0.15, -0.1) is 29.5 Å². The number of para-hydroxylation sites is 1. The second-order valence-corrected chi connectivity index (χ2v) is 36.5. The average molecular weight is 1910 g/mol. The summed E-state index contributed by atoms with van der Waals surface area (Å²) in [6.07, 6.45) is 10.9. The van der Waals surface area contributed by atoms with Gasteiger partial charge in [0, 0.05) is 106 Å². The molecule has 0 saturated carbocycles. The molecule has 3 aromatic heterocycles. The first-order valence-electron chi connectivity index (χ1n) is 45.2. The van der Waals surface area contributed by atoms with Gasteiger partial charge in [0.1, 0.15) is 84.3 Å². The highest BCUT2D eigenvalue weighted by Crippen LogP contribution is 2.30. The predicted molar refractivity (Wildman–Crippen MR) is 504 cm³/mol. The van der Waals surface area contributed by atoms with E-state index in [-0.39, 0.29) is 108 Å². The highest BCUT2D eigenvalue weighted by molar-refractivity contribution is 8.00. The maximum atomic E-state index is 15.8. The van der Waals surface area contributed by atoms with E-state index in [1.807, 2.05) is 55.6 Å². The van der Waals surface area contributed by atoms with E-state index in [1.165, 1.54) is 83.8 Å². The van der Waals surface area contributed by atoms with Crippen LogP contribution in [0.5, 0.6) is 5.75 Å². The minimum absolute atomic E-state index is 0.00376. The Morgan fingerprint density at radius 3 is 1.76 bits per heavy atom. The Hall–Kier alpha value is -13.7. The first-order chi connectivity index (χ1) is 64.4. The second-order valence-electron chi connectivity index (χ2n) is 34.5. The number of aromatic nitrogens is 3. The number of hydrogen-bond acceptors (Lipinski definition) is 22. The highest BCUT2D eigenvalue weighted by Gasteiger charge is 2.46. The number of thioether (sulfide) groups is 1. The molecule has 6 aromatic rings. The molecular formula is C92H125N23O18S2. The van der Waals surface area contributed by atoms with Gasteiger partial charge in [-0.1, -0.05) is 108 Å². The van der Waals surface area contributed by atoms with Crippen LogP contribution in [-0.4, -0.2) is 294 Å². The lowest BCUT2D eigenvalue weighted by atomic mass is 10.00. The number of terminal acetylenes is 1. The molecule has 728 valence electrons. The molecule has 0 bridgehead atoms. The molecule has 2 unspecified atom stereocenters. The summed E-state index contributed by atoms with van der Waals surface area (Å²) in [5.41, 5.74) is 19.4. The minimum atomic E-state index is -1.92. The van der Waals surface area contributed by atoms with Gasteiger partial charge in [0.2, 0.25) is 94.5 Å². The molecule has 0 radical (unpaired) electrons. The number of likely N-dealkylation sites (N-methyl/N-ethyl adjacent to an activating group) is 3. The zero-order valence-corrected chi connectivity index (χ0v) is 78.7. The maximum Gasteiger partial charge on any atom is 0.256 e. The predicted octanol–water partition coefficient (Wildman–Crippen LogP) is -0.525. The van der Waals surface area contributed by atoms with E-state index in [9.17, 15) is 48.3 Å². The first-order valence-corrected chi connectivity index (χ1v) is 47.3. The number of phenolic OH excluding ortho intramolecular Hbond substituents is 1. The Morgan fingerprint density at radius 1 is 0.570 bits per heavy atom. The van der Waals surface area contributed by atoms with Crippen LogP contribution in [0.2, 0.25) is 0 Å². The van der Waals surface area contributed by atoms with Crippen molar-refractivity contribution in [2.24, 2.45) is 23.1 Å². The maximum absolute atomic E-state index is 15.8. The quantitative estimate of drug-likeness (QED) is 0.0148. The van der Waals surface area contributed by atoms with Crippen molar-refractivity contribution in [3.63, 3.8) is 0 Å². The Balaban J connectivity index is 1.10. The standard InChI is InChI=1S/C92H125N23O18S2/c1-10-13-26-70-84(126)104-61(25-19-35-98-92(95)96)80(122)110-68(79(121)100-46-76(94)118)48-134-49-77(119)103-65(39-53-31-33-57(116)34-32-53)87(129)111(7)69(12-3)83(125)109-67(43-75(93)117)90(132)115-37-21-29-72(115)86(128)106-63(42-56-45-97-50-101-56)82(124)108-64(38-51(4)5)89(131)114-36-20-28-71(114)85(127)105-62(40-54-44-99-60-24-17-15-22-58(54)60)81(123)102-52(6)78(120)107-66(41-55-47-135-74-30-18-16-23-59(55)74)88(130)113(9)73(27-14-11-2)91(133)112(70)8/h3,15-18,22-24,30-34,44-45,47,50-52,61-73,99,116H,10-11,13-14,19-21,25-29,35-43,46,48-49H2,1-2,4-9H3,(H2,93,117)(H2,94,118)(H,97,101)(H,100,121)(H,102,123)(H,103,119)(H,104,126)(H,105,127)(H,106,128)(H,107,120)(H,108,124)(H,109,125)(H,110,122)(H4,95,96,98)/t52-,61-,62-,63-,64-,65-,66-,67-,68?,69-,70-,71+,72?,73-/m0/s1. The smallest absolute Gasteiger partial charge is 0.256 e. The third-order valence-electron chi connectivity index (χ3n) is 24.0. The van der Waals surface area contributed by atoms with Crippen molar-refractivity contribution in [1.82, 2.24) is 97.9 Å². The fourth-order valence-corrected chi connectivity index (χ4v) is 18.5. The summed E-state index contributed by atoms with van der Waals surface area (Å²) in [6, 6.07) is -0.915. The third kappa shape index (κ3) is 29.4. The average Bonchev–Trinajstić information content (AvgIpc) is 1.72. The normalized spacial score (nSPS) is 24.1. The van der Waals surface area contributed by atoms with E-state index in [1.54, 1.807) is 32.2 Å². The van der Waals surface area contributed by atoms with Crippen LogP contribution in [0.15, 0.2) is 96.9 Å². The summed E-state index contributed by atoms with van der Waals surface area (Å²) in [5.74, 6) is -15.0. The summed E-state index contributed by atoms with van der Waals surface area (Å²) in [4.78, 5) is 267. The number of benzene rings is 3. The molecule has 0 aliphatic carbocycles. The number of imidazole rings is 1. The number of unbranched alkanes of at least 4 members (excludes halogenated alkanes) is 2. The van der Waals surface area contributed by atoms with Gasteiger partial charge in [-0.3, -0.25) is 86.9 Å². The van der Waals surface area contributed by atoms with E-state index in [0.29, 0.717) is 65.4 Å². The summed E-state index contributed by atoms with van der Waals surface area (Å²) >= 11 is 2.14. The summed E-state index contributed by atoms with van der Waals surface area (Å²) in [7, 11) is 3.90. The number of nitrogens with two attached hydrogens (primary N) is 3. The molecule has 14 atom stereocenters. The summed E-state index contributed by atoms with van der Waals surface area (Å²) < 4.78 is 0.859. The van der Waals surface area contributed by atoms with Gasteiger partial charge in [0.05, 0.1) is 25.0 Å². The molecule has 3 aliphatic rings. The molecule has 3 saturated heterocycles. The number of hydrogen-bond donors (Lipinski definition) is 18. The fraction of sp³-hybridized carbons (Fsp3) is 0.511. The van der Waals surface area contributed by atoms with Crippen molar-refractivity contribution in [2.45, 2.75) is 235 Å². The van der Waals surface area contributed by atoms with Crippen LogP contribution in [-0.2, 0) is 107 Å².